The molecule has 17 heavy (non-hydrogen) atoms. The van der Waals surface area contributed by atoms with Crippen LogP contribution in [0, 0.1) is 0 Å². The first-order chi connectivity index (χ1) is 8.34. The van der Waals surface area contributed by atoms with Crippen molar-refractivity contribution in [3.63, 3.8) is 0 Å². The first-order valence-corrected chi connectivity index (χ1v) is 6.35. The highest BCUT2D eigenvalue weighted by molar-refractivity contribution is 5.74. The standard InChI is InChI=1S/C12H21N3O2/c16-12(15-11-4-8-17-9-11)14-7-3-10-1-5-13-6-2-10/h1,11,13H,2-9H2,(H2,14,15,16). The summed E-state index contributed by atoms with van der Waals surface area (Å²) in [4.78, 5) is 11.5. The maximum Gasteiger partial charge on any atom is 0.315 e. The maximum atomic E-state index is 11.5. The number of carbonyl (C=O) groups is 1. The highest BCUT2D eigenvalue weighted by Gasteiger charge is 2.17. The summed E-state index contributed by atoms with van der Waals surface area (Å²) < 4.78 is 5.20. The van der Waals surface area contributed by atoms with E-state index in [4.69, 9.17) is 4.74 Å². The highest BCUT2D eigenvalue weighted by Crippen LogP contribution is 2.07. The number of urea groups is 1. The van der Waals surface area contributed by atoms with Gasteiger partial charge in [-0.3, -0.25) is 0 Å². The van der Waals surface area contributed by atoms with E-state index in [1.54, 1.807) is 0 Å². The summed E-state index contributed by atoms with van der Waals surface area (Å²) in [6.07, 6.45) is 5.19. The summed E-state index contributed by atoms with van der Waals surface area (Å²) >= 11 is 0. The Hall–Kier alpha value is -1.07. The van der Waals surface area contributed by atoms with E-state index in [1.165, 1.54) is 5.57 Å². The molecular weight excluding hydrogens is 218 g/mol. The number of hydrogen-bond donors (Lipinski definition) is 3. The minimum Gasteiger partial charge on any atom is -0.379 e. The average molecular weight is 239 g/mol. The molecule has 0 aliphatic carbocycles. The second-order valence-electron chi connectivity index (χ2n) is 4.53. The normalized spacial score (nSPS) is 24.2. The van der Waals surface area contributed by atoms with Gasteiger partial charge in [0, 0.05) is 19.7 Å². The summed E-state index contributed by atoms with van der Waals surface area (Å²) in [5.41, 5.74) is 1.44. The maximum absolute atomic E-state index is 11.5. The third-order valence-corrected chi connectivity index (χ3v) is 3.15. The fraction of sp³-hybridized carbons (Fsp3) is 0.750. The Morgan fingerprint density at radius 2 is 2.53 bits per heavy atom. The van der Waals surface area contributed by atoms with Gasteiger partial charge in [-0.15, -0.1) is 0 Å². The van der Waals surface area contributed by atoms with Gasteiger partial charge < -0.3 is 20.7 Å². The van der Waals surface area contributed by atoms with Gasteiger partial charge in [0.05, 0.1) is 12.6 Å². The monoisotopic (exact) mass is 239 g/mol. The molecule has 1 atom stereocenters. The zero-order chi connectivity index (χ0) is 11.9. The molecule has 96 valence electrons. The van der Waals surface area contributed by atoms with Gasteiger partial charge in [0.25, 0.3) is 0 Å². The van der Waals surface area contributed by atoms with Gasteiger partial charge in [-0.1, -0.05) is 11.6 Å². The van der Waals surface area contributed by atoms with Crippen LogP contribution in [0.25, 0.3) is 0 Å². The van der Waals surface area contributed by atoms with E-state index in [0.717, 1.165) is 39.0 Å². The van der Waals surface area contributed by atoms with E-state index in [0.29, 0.717) is 13.2 Å². The van der Waals surface area contributed by atoms with Gasteiger partial charge in [-0.2, -0.15) is 0 Å². The average Bonchev–Trinajstić information content (AvgIpc) is 2.83. The lowest BCUT2D eigenvalue weighted by molar-refractivity contribution is 0.188. The van der Waals surface area contributed by atoms with Crippen molar-refractivity contribution in [2.45, 2.75) is 25.3 Å². The van der Waals surface area contributed by atoms with Gasteiger partial charge in [0.15, 0.2) is 0 Å². The van der Waals surface area contributed by atoms with E-state index in [1.807, 2.05) is 0 Å². The van der Waals surface area contributed by atoms with Crippen LogP contribution in [-0.4, -0.2) is 44.9 Å². The molecular formula is C12H21N3O2. The smallest absolute Gasteiger partial charge is 0.315 e. The van der Waals surface area contributed by atoms with Crippen molar-refractivity contribution in [3.05, 3.63) is 11.6 Å². The van der Waals surface area contributed by atoms with E-state index < -0.39 is 0 Å². The Morgan fingerprint density at radius 3 is 3.24 bits per heavy atom. The molecule has 3 N–H and O–H groups in total. The van der Waals surface area contributed by atoms with Crippen molar-refractivity contribution in [1.29, 1.82) is 0 Å². The molecule has 0 saturated carbocycles. The zero-order valence-electron chi connectivity index (χ0n) is 10.1. The Morgan fingerprint density at radius 1 is 1.59 bits per heavy atom. The molecule has 2 aliphatic heterocycles. The molecule has 2 aliphatic rings. The first kappa shape index (κ1) is 12.4. The molecule has 1 fully saturated rings. The van der Waals surface area contributed by atoms with Crippen LogP contribution in [0.2, 0.25) is 0 Å². The molecule has 0 aromatic carbocycles. The lowest BCUT2D eigenvalue weighted by Gasteiger charge is -2.15. The second kappa shape index (κ2) is 6.61. The fourth-order valence-electron chi connectivity index (χ4n) is 2.12. The van der Waals surface area contributed by atoms with E-state index in [-0.39, 0.29) is 12.1 Å². The molecule has 1 unspecified atom stereocenters. The second-order valence-corrected chi connectivity index (χ2v) is 4.53. The van der Waals surface area contributed by atoms with E-state index in [2.05, 4.69) is 22.0 Å². The van der Waals surface area contributed by atoms with Crippen LogP contribution in [0.3, 0.4) is 0 Å². The Labute approximate surface area is 102 Å². The topological polar surface area (TPSA) is 62.4 Å². The number of nitrogens with one attached hydrogen (secondary N) is 3. The van der Waals surface area contributed by atoms with Crippen LogP contribution in [0.4, 0.5) is 4.79 Å². The first-order valence-electron chi connectivity index (χ1n) is 6.35. The largest absolute Gasteiger partial charge is 0.379 e. The van der Waals surface area contributed by atoms with Crippen molar-refractivity contribution in [2.24, 2.45) is 0 Å². The van der Waals surface area contributed by atoms with Crippen molar-refractivity contribution in [2.75, 3.05) is 32.8 Å². The summed E-state index contributed by atoms with van der Waals surface area (Å²) in [5.74, 6) is 0. The van der Waals surface area contributed by atoms with Crippen molar-refractivity contribution < 1.29 is 9.53 Å². The van der Waals surface area contributed by atoms with Crippen LogP contribution in [0.1, 0.15) is 19.3 Å². The SMILES string of the molecule is O=C(NCCC1=CCNCC1)NC1CCOC1. The van der Waals surface area contributed by atoms with E-state index >= 15 is 0 Å². The third-order valence-electron chi connectivity index (χ3n) is 3.15. The summed E-state index contributed by atoms with van der Waals surface area (Å²) in [5, 5.41) is 9.07. The molecule has 0 bridgehead atoms. The van der Waals surface area contributed by atoms with Crippen molar-refractivity contribution >= 4 is 6.03 Å². The van der Waals surface area contributed by atoms with Crippen LogP contribution >= 0.6 is 0 Å². The fourth-order valence-corrected chi connectivity index (χ4v) is 2.12. The Kier molecular flexibility index (Phi) is 4.82. The number of amides is 2. The molecule has 2 heterocycles. The molecule has 5 heteroatoms. The van der Waals surface area contributed by atoms with Gasteiger partial charge in [0.1, 0.15) is 0 Å². The predicted molar refractivity (Wildman–Crippen MR) is 65.9 cm³/mol. The number of rotatable bonds is 4. The molecule has 2 amide bonds. The summed E-state index contributed by atoms with van der Waals surface area (Å²) in [7, 11) is 0. The molecule has 2 rings (SSSR count). The minimum atomic E-state index is -0.0740. The molecule has 0 aromatic rings. The highest BCUT2D eigenvalue weighted by atomic mass is 16.5. The third kappa shape index (κ3) is 4.36. The van der Waals surface area contributed by atoms with Crippen LogP contribution in [0.15, 0.2) is 11.6 Å². The lowest BCUT2D eigenvalue weighted by atomic mass is 10.1. The van der Waals surface area contributed by atoms with Gasteiger partial charge in [-0.05, 0) is 25.8 Å². The molecule has 0 aromatic heterocycles. The quantitative estimate of drug-likeness (QED) is 0.622. The van der Waals surface area contributed by atoms with Crippen molar-refractivity contribution in [1.82, 2.24) is 16.0 Å². The molecule has 1 saturated heterocycles. The number of ether oxygens (including phenoxy) is 1. The summed E-state index contributed by atoms with van der Waals surface area (Å²) in [6.45, 7) is 4.12. The minimum absolute atomic E-state index is 0.0740. The Bertz CT molecular complexity index is 285. The van der Waals surface area contributed by atoms with Gasteiger partial charge in [-0.25, -0.2) is 4.79 Å². The van der Waals surface area contributed by atoms with Crippen LogP contribution in [-0.2, 0) is 4.74 Å². The molecule has 5 nitrogen and oxygen atoms in total. The van der Waals surface area contributed by atoms with Gasteiger partial charge >= 0.3 is 6.03 Å². The van der Waals surface area contributed by atoms with Crippen LogP contribution < -0.4 is 16.0 Å². The van der Waals surface area contributed by atoms with E-state index in [9.17, 15) is 4.79 Å². The Balaban J connectivity index is 1.57. The number of carbonyl (C=O) groups excluding carboxylic acids is 1. The van der Waals surface area contributed by atoms with Crippen LogP contribution in [0.5, 0.6) is 0 Å². The number of hydrogen-bond acceptors (Lipinski definition) is 3. The molecule has 0 spiro atoms. The zero-order valence-corrected chi connectivity index (χ0v) is 10.1. The predicted octanol–water partition coefficient (Wildman–Crippen LogP) is 0.384. The van der Waals surface area contributed by atoms with Gasteiger partial charge in [0.2, 0.25) is 0 Å². The summed E-state index contributed by atoms with van der Waals surface area (Å²) in [6, 6.07) is 0.114. The molecule has 0 radical (unpaired) electrons. The van der Waals surface area contributed by atoms with Crippen molar-refractivity contribution in [3.8, 4) is 0 Å². The lowest BCUT2D eigenvalue weighted by Crippen LogP contribution is -2.42.